The van der Waals surface area contributed by atoms with Gasteiger partial charge < -0.3 is 19.9 Å². The second-order valence-corrected chi connectivity index (χ2v) is 4.64. The Morgan fingerprint density at radius 3 is 2.57 bits per heavy atom. The normalized spacial score (nSPS) is 10.0. The lowest BCUT2D eigenvalue weighted by Gasteiger charge is -2.09. The molecule has 0 aromatic heterocycles. The number of nitrogens with one attached hydrogen (secondary N) is 1. The maximum atomic E-state index is 12.2. The first-order valence-electron chi connectivity index (χ1n) is 7.00. The Morgan fingerprint density at radius 2 is 1.91 bits per heavy atom. The number of rotatable bonds is 5. The molecule has 0 aliphatic heterocycles. The van der Waals surface area contributed by atoms with Crippen LogP contribution >= 0.6 is 0 Å². The van der Waals surface area contributed by atoms with E-state index in [1.54, 1.807) is 24.3 Å². The van der Waals surface area contributed by atoms with E-state index in [-0.39, 0.29) is 17.0 Å². The minimum Gasteiger partial charge on any atom is -0.506 e. The van der Waals surface area contributed by atoms with Crippen molar-refractivity contribution in [3.63, 3.8) is 0 Å². The summed E-state index contributed by atoms with van der Waals surface area (Å²) in [6.07, 6.45) is 0. The first kappa shape index (κ1) is 16.4. The molecule has 0 aliphatic rings. The molecule has 2 aromatic rings. The molecule has 23 heavy (non-hydrogen) atoms. The molecular weight excluding hydrogens is 298 g/mol. The Balaban J connectivity index is 2.17. The standard InChI is InChI=1S/C17H17NO5/c1-3-23-13-6-4-5-11(9-13)16(20)18-14-8-7-12(10-15(14)19)17(21)22-2/h4-10,19H,3H2,1-2H3,(H,18,20). The minimum atomic E-state index is -0.567. The average Bonchev–Trinajstić information content (AvgIpc) is 2.56. The summed E-state index contributed by atoms with van der Waals surface area (Å²) in [5, 5.41) is 12.5. The summed E-state index contributed by atoms with van der Waals surface area (Å²) in [5.74, 6) is -0.595. The number of amides is 1. The molecule has 120 valence electrons. The van der Waals surface area contributed by atoms with Crippen LogP contribution in [0.5, 0.6) is 11.5 Å². The van der Waals surface area contributed by atoms with Crippen LogP contribution < -0.4 is 10.1 Å². The van der Waals surface area contributed by atoms with Gasteiger partial charge in [-0.25, -0.2) is 4.79 Å². The first-order chi connectivity index (χ1) is 11.0. The molecular formula is C17H17NO5. The number of phenols is 1. The van der Waals surface area contributed by atoms with E-state index in [2.05, 4.69) is 10.1 Å². The molecule has 0 saturated carbocycles. The molecule has 0 heterocycles. The SMILES string of the molecule is CCOc1cccc(C(=O)Nc2ccc(C(=O)OC)cc2O)c1. The van der Waals surface area contributed by atoms with Crippen LogP contribution in [0.15, 0.2) is 42.5 Å². The lowest BCUT2D eigenvalue weighted by atomic mass is 10.1. The van der Waals surface area contributed by atoms with Crippen molar-refractivity contribution in [2.24, 2.45) is 0 Å². The maximum absolute atomic E-state index is 12.2. The van der Waals surface area contributed by atoms with Gasteiger partial charge in [-0.3, -0.25) is 4.79 Å². The van der Waals surface area contributed by atoms with Crippen LogP contribution in [0.2, 0.25) is 0 Å². The van der Waals surface area contributed by atoms with Gasteiger partial charge in [-0.05, 0) is 43.3 Å². The van der Waals surface area contributed by atoms with Crippen LogP contribution in [0, 0.1) is 0 Å². The zero-order valence-electron chi connectivity index (χ0n) is 12.8. The lowest BCUT2D eigenvalue weighted by Crippen LogP contribution is -2.12. The lowest BCUT2D eigenvalue weighted by molar-refractivity contribution is 0.0600. The number of esters is 1. The van der Waals surface area contributed by atoms with Crippen LogP contribution in [0.4, 0.5) is 5.69 Å². The highest BCUT2D eigenvalue weighted by Gasteiger charge is 2.13. The molecule has 0 saturated heterocycles. The number of carbonyl (C=O) groups is 2. The molecule has 1 amide bonds. The van der Waals surface area contributed by atoms with Crippen LogP contribution in [0.25, 0.3) is 0 Å². The number of hydrogen-bond donors (Lipinski definition) is 2. The van der Waals surface area contributed by atoms with Crippen molar-refractivity contribution >= 4 is 17.6 Å². The number of anilines is 1. The van der Waals surface area contributed by atoms with E-state index in [0.717, 1.165) is 0 Å². The molecule has 0 spiro atoms. The van der Waals surface area contributed by atoms with Gasteiger partial charge in [-0.2, -0.15) is 0 Å². The highest BCUT2D eigenvalue weighted by atomic mass is 16.5. The average molecular weight is 315 g/mol. The quantitative estimate of drug-likeness (QED) is 0.654. The first-order valence-corrected chi connectivity index (χ1v) is 7.00. The van der Waals surface area contributed by atoms with Crippen molar-refractivity contribution in [1.82, 2.24) is 0 Å². The number of phenolic OH excluding ortho intramolecular Hbond substituents is 1. The minimum absolute atomic E-state index is 0.196. The number of hydrogen-bond acceptors (Lipinski definition) is 5. The summed E-state index contributed by atoms with van der Waals surface area (Å²) in [6, 6.07) is 10.8. The summed E-state index contributed by atoms with van der Waals surface area (Å²) in [5.41, 5.74) is 0.790. The van der Waals surface area contributed by atoms with E-state index < -0.39 is 11.9 Å². The second-order valence-electron chi connectivity index (χ2n) is 4.64. The van der Waals surface area contributed by atoms with Crippen molar-refractivity contribution in [1.29, 1.82) is 0 Å². The van der Waals surface area contributed by atoms with E-state index in [1.807, 2.05) is 6.92 Å². The topological polar surface area (TPSA) is 84.9 Å². The molecule has 2 aromatic carbocycles. The van der Waals surface area contributed by atoms with Crippen molar-refractivity contribution in [3.05, 3.63) is 53.6 Å². The van der Waals surface area contributed by atoms with E-state index in [0.29, 0.717) is 17.9 Å². The van der Waals surface area contributed by atoms with E-state index in [1.165, 1.54) is 25.3 Å². The molecule has 0 aliphatic carbocycles. The number of benzene rings is 2. The largest absolute Gasteiger partial charge is 0.506 e. The van der Waals surface area contributed by atoms with Crippen LogP contribution in [-0.2, 0) is 4.74 Å². The van der Waals surface area contributed by atoms with Gasteiger partial charge in [0.2, 0.25) is 0 Å². The van der Waals surface area contributed by atoms with E-state index >= 15 is 0 Å². The number of ether oxygens (including phenoxy) is 2. The Labute approximate surface area is 133 Å². The zero-order chi connectivity index (χ0) is 16.8. The fourth-order valence-electron chi connectivity index (χ4n) is 1.97. The van der Waals surface area contributed by atoms with Gasteiger partial charge in [0.1, 0.15) is 11.5 Å². The van der Waals surface area contributed by atoms with Crippen molar-refractivity contribution in [2.45, 2.75) is 6.92 Å². The van der Waals surface area contributed by atoms with Gasteiger partial charge >= 0.3 is 5.97 Å². The molecule has 6 nitrogen and oxygen atoms in total. The summed E-state index contributed by atoms with van der Waals surface area (Å²) in [6.45, 7) is 2.36. The molecule has 0 bridgehead atoms. The predicted octanol–water partition coefficient (Wildman–Crippen LogP) is 2.83. The van der Waals surface area contributed by atoms with Gasteiger partial charge in [0.15, 0.2) is 0 Å². The number of carbonyl (C=O) groups excluding carboxylic acids is 2. The Kier molecular flexibility index (Phi) is 5.19. The smallest absolute Gasteiger partial charge is 0.337 e. The molecule has 0 unspecified atom stereocenters. The molecule has 2 rings (SSSR count). The molecule has 2 N–H and O–H groups in total. The Bertz CT molecular complexity index is 727. The third-order valence-corrected chi connectivity index (χ3v) is 3.07. The van der Waals surface area contributed by atoms with Crippen LogP contribution in [0.3, 0.4) is 0 Å². The summed E-state index contributed by atoms with van der Waals surface area (Å²) in [4.78, 5) is 23.6. The second kappa shape index (κ2) is 7.31. The summed E-state index contributed by atoms with van der Waals surface area (Å²) >= 11 is 0. The van der Waals surface area contributed by atoms with E-state index in [4.69, 9.17) is 4.74 Å². The predicted molar refractivity (Wildman–Crippen MR) is 85.0 cm³/mol. The third-order valence-electron chi connectivity index (χ3n) is 3.07. The summed E-state index contributed by atoms with van der Waals surface area (Å²) in [7, 11) is 1.25. The Hall–Kier alpha value is -3.02. The number of methoxy groups -OCH3 is 1. The molecule has 0 radical (unpaired) electrons. The van der Waals surface area contributed by atoms with Gasteiger partial charge in [0, 0.05) is 5.56 Å². The molecule has 0 fully saturated rings. The third kappa shape index (κ3) is 4.00. The fourth-order valence-corrected chi connectivity index (χ4v) is 1.97. The maximum Gasteiger partial charge on any atom is 0.337 e. The van der Waals surface area contributed by atoms with Crippen LogP contribution in [0.1, 0.15) is 27.6 Å². The zero-order valence-corrected chi connectivity index (χ0v) is 12.8. The van der Waals surface area contributed by atoms with Gasteiger partial charge in [0.05, 0.1) is 25.0 Å². The molecule has 6 heteroatoms. The van der Waals surface area contributed by atoms with E-state index in [9.17, 15) is 14.7 Å². The van der Waals surface area contributed by atoms with Gasteiger partial charge in [-0.15, -0.1) is 0 Å². The van der Waals surface area contributed by atoms with Crippen molar-refractivity contribution in [2.75, 3.05) is 19.0 Å². The highest BCUT2D eigenvalue weighted by molar-refractivity contribution is 6.05. The van der Waals surface area contributed by atoms with Gasteiger partial charge in [0.25, 0.3) is 5.91 Å². The fraction of sp³-hybridized carbons (Fsp3) is 0.176. The van der Waals surface area contributed by atoms with Crippen molar-refractivity contribution < 1.29 is 24.2 Å². The Morgan fingerprint density at radius 1 is 1.13 bits per heavy atom. The summed E-state index contributed by atoms with van der Waals surface area (Å²) < 4.78 is 9.91. The van der Waals surface area contributed by atoms with Crippen molar-refractivity contribution in [3.8, 4) is 11.5 Å². The molecule has 0 atom stereocenters. The van der Waals surface area contributed by atoms with Gasteiger partial charge in [-0.1, -0.05) is 6.07 Å². The monoisotopic (exact) mass is 315 g/mol. The number of aromatic hydroxyl groups is 1. The van der Waals surface area contributed by atoms with Crippen LogP contribution in [-0.4, -0.2) is 30.7 Å². The highest BCUT2D eigenvalue weighted by Crippen LogP contribution is 2.25.